The number of piperazine rings is 1. The molecule has 1 aromatic rings. The molecule has 0 spiro atoms. The molecule has 1 saturated heterocycles. The van der Waals surface area contributed by atoms with Crippen LogP contribution in [0.25, 0.3) is 0 Å². The second-order valence-corrected chi connectivity index (χ2v) is 5.84. The molecule has 2 aliphatic rings. The summed E-state index contributed by atoms with van der Waals surface area (Å²) < 4.78 is 0. The van der Waals surface area contributed by atoms with Gasteiger partial charge in [-0.25, -0.2) is 0 Å². The van der Waals surface area contributed by atoms with Crippen LogP contribution >= 0.6 is 0 Å². The predicted octanol–water partition coefficient (Wildman–Crippen LogP) is 1.69. The molecule has 5 nitrogen and oxygen atoms in total. The summed E-state index contributed by atoms with van der Waals surface area (Å²) in [6.45, 7) is 9.85. The highest BCUT2D eigenvalue weighted by Crippen LogP contribution is 2.26. The number of hydrogen-bond acceptors (Lipinski definition) is 4. The zero-order chi connectivity index (χ0) is 14.8. The largest absolute Gasteiger partial charge is 0.382 e. The molecule has 2 heterocycles. The fourth-order valence-electron chi connectivity index (χ4n) is 3.20. The van der Waals surface area contributed by atoms with Crippen molar-refractivity contribution in [2.24, 2.45) is 0 Å². The first-order valence-corrected chi connectivity index (χ1v) is 7.84. The van der Waals surface area contributed by atoms with E-state index in [9.17, 15) is 4.79 Å². The Kier molecular flexibility index (Phi) is 4.01. The lowest BCUT2D eigenvalue weighted by Gasteiger charge is -2.39. The Bertz CT molecular complexity index is 531. The van der Waals surface area contributed by atoms with E-state index in [0.29, 0.717) is 6.04 Å². The first kappa shape index (κ1) is 14.2. The number of anilines is 2. The number of likely N-dealkylation sites (N-methyl/N-ethyl adjacent to an activating group) is 1. The molecule has 0 bridgehead atoms. The summed E-state index contributed by atoms with van der Waals surface area (Å²) in [5.74, 6) is 0.146. The van der Waals surface area contributed by atoms with Crippen LogP contribution in [-0.4, -0.2) is 61.0 Å². The summed E-state index contributed by atoms with van der Waals surface area (Å²) in [4.78, 5) is 17.1. The van der Waals surface area contributed by atoms with Gasteiger partial charge in [0, 0.05) is 44.3 Å². The quantitative estimate of drug-likeness (QED) is 0.869. The number of nitrogens with zero attached hydrogens (tertiary/aromatic N) is 2. The molecule has 5 heteroatoms. The zero-order valence-corrected chi connectivity index (χ0v) is 12.9. The highest BCUT2D eigenvalue weighted by molar-refractivity contribution is 5.96. The van der Waals surface area contributed by atoms with Crippen molar-refractivity contribution in [3.63, 3.8) is 0 Å². The average Bonchev–Trinajstić information content (AvgIpc) is 2.53. The monoisotopic (exact) mass is 288 g/mol. The third-order valence-electron chi connectivity index (χ3n) is 4.48. The van der Waals surface area contributed by atoms with Gasteiger partial charge >= 0.3 is 0 Å². The summed E-state index contributed by atoms with van der Waals surface area (Å²) in [7, 11) is 0. The highest BCUT2D eigenvalue weighted by Gasteiger charge is 2.26. The Morgan fingerprint density at radius 1 is 1.24 bits per heavy atom. The second-order valence-electron chi connectivity index (χ2n) is 5.84. The van der Waals surface area contributed by atoms with Crippen molar-refractivity contribution in [3.8, 4) is 0 Å². The van der Waals surface area contributed by atoms with Crippen LogP contribution in [0.1, 0.15) is 24.2 Å². The van der Waals surface area contributed by atoms with E-state index in [1.807, 2.05) is 23.1 Å². The van der Waals surface area contributed by atoms with Gasteiger partial charge in [0.1, 0.15) is 0 Å². The minimum atomic E-state index is 0.146. The van der Waals surface area contributed by atoms with Crippen molar-refractivity contribution in [1.82, 2.24) is 9.80 Å². The van der Waals surface area contributed by atoms with E-state index in [1.54, 1.807) is 0 Å². The Morgan fingerprint density at radius 2 is 2.00 bits per heavy atom. The fourth-order valence-corrected chi connectivity index (χ4v) is 3.20. The molecule has 0 saturated carbocycles. The van der Waals surface area contributed by atoms with Gasteiger partial charge in [0.25, 0.3) is 5.91 Å². The Balaban J connectivity index is 1.73. The SMILES string of the molecule is CCN1CCN(C(=O)c2ccc3c(c2)NCCN3)CC1C. The molecule has 114 valence electrons. The molecule has 0 aromatic heterocycles. The molecule has 1 aromatic carbocycles. The standard InChI is InChI=1S/C16H24N4O/c1-3-19-8-9-20(11-12(19)2)16(21)13-4-5-14-15(10-13)18-7-6-17-14/h4-5,10,12,17-18H,3,6-9,11H2,1-2H3. The third kappa shape index (κ3) is 2.83. The summed E-state index contributed by atoms with van der Waals surface area (Å²) in [5, 5.41) is 6.68. The number of carbonyl (C=O) groups excluding carboxylic acids is 1. The molecule has 2 aliphatic heterocycles. The molecular formula is C16H24N4O. The molecule has 21 heavy (non-hydrogen) atoms. The number of hydrogen-bond donors (Lipinski definition) is 2. The Labute approximate surface area is 126 Å². The van der Waals surface area contributed by atoms with Gasteiger partial charge in [0.2, 0.25) is 0 Å². The number of fused-ring (bicyclic) bond motifs is 1. The topological polar surface area (TPSA) is 47.6 Å². The van der Waals surface area contributed by atoms with Crippen LogP contribution in [0.4, 0.5) is 11.4 Å². The Hall–Kier alpha value is -1.75. The van der Waals surface area contributed by atoms with Crippen LogP contribution in [0.2, 0.25) is 0 Å². The predicted molar refractivity (Wildman–Crippen MR) is 86.0 cm³/mol. The summed E-state index contributed by atoms with van der Waals surface area (Å²) in [6.07, 6.45) is 0. The van der Waals surface area contributed by atoms with Crippen LogP contribution in [-0.2, 0) is 0 Å². The molecule has 1 unspecified atom stereocenters. The van der Waals surface area contributed by atoms with Gasteiger partial charge in [-0.2, -0.15) is 0 Å². The van der Waals surface area contributed by atoms with Crippen molar-refractivity contribution in [2.75, 3.05) is 49.9 Å². The number of carbonyl (C=O) groups is 1. The van der Waals surface area contributed by atoms with E-state index in [-0.39, 0.29) is 5.91 Å². The van der Waals surface area contributed by atoms with Crippen LogP contribution in [0.5, 0.6) is 0 Å². The molecule has 1 fully saturated rings. The van der Waals surface area contributed by atoms with E-state index in [1.165, 1.54) is 0 Å². The maximum atomic E-state index is 12.7. The lowest BCUT2D eigenvalue weighted by Crippen LogP contribution is -2.53. The van der Waals surface area contributed by atoms with Crippen molar-refractivity contribution in [3.05, 3.63) is 23.8 Å². The normalized spacial score (nSPS) is 22.2. The van der Waals surface area contributed by atoms with Crippen LogP contribution in [0.3, 0.4) is 0 Å². The number of rotatable bonds is 2. The van der Waals surface area contributed by atoms with Crippen molar-refractivity contribution in [1.29, 1.82) is 0 Å². The fraction of sp³-hybridized carbons (Fsp3) is 0.562. The first-order valence-electron chi connectivity index (χ1n) is 7.84. The molecule has 2 N–H and O–H groups in total. The molecule has 0 radical (unpaired) electrons. The maximum Gasteiger partial charge on any atom is 0.254 e. The average molecular weight is 288 g/mol. The second kappa shape index (κ2) is 5.93. The van der Waals surface area contributed by atoms with Crippen LogP contribution < -0.4 is 10.6 Å². The summed E-state index contributed by atoms with van der Waals surface area (Å²) in [6, 6.07) is 6.34. The van der Waals surface area contributed by atoms with Crippen molar-refractivity contribution >= 4 is 17.3 Å². The minimum Gasteiger partial charge on any atom is -0.382 e. The van der Waals surface area contributed by atoms with Crippen molar-refractivity contribution in [2.45, 2.75) is 19.9 Å². The van der Waals surface area contributed by atoms with E-state index in [4.69, 9.17) is 0 Å². The van der Waals surface area contributed by atoms with Gasteiger partial charge < -0.3 is 15.5 Å². The lowest BCUT2D eigenvalue weighted by molar-refractivity contribution is 0.0528. The Morgan fingerprint density at radius 3 is 2.71 bits per heavy atom. The summed E-state index contributed by atoms with van der Waals surface area (Å²) >= 11 is 0. The lowest BCUT2D eigenvalue weighted by atomic mass is 10.1. The number of amides is 1. The molecule has 0 aliphatic carbocycles. The zero-order valence-electron chi connectivity index (χ0n) is 12.9. The molecule has 1 amide bonds. The third-order valence-corrected chi connectivity index (χ3v) is 4.48. The van der Waals surface area contributed by atoms with Gasteiger partial charge in [-0.3, -0.25) is 9.69 Å². The first-order chi connectivity index (χ1) is 10.2. The van der Waals surface area contributed by atoms with Crippen molar-refractivity contribution < 1.29 is 4.79 Å². The van der Waals surface area contributed by atoms with Gasteiger partial charge in [0.05, 0.1) is 11.4 Å². The molecule has 1 atom stereocenters. The minimum absolute atomic E-state index is 0.146. The van der Waals surface area contributed by atoms with E-state index in [0.717, 1.165) is 56.2 Å². The molecular weight excluding hydrogens is 264 g/mol. The smallest absolute Gasteiger partial charge is 0.254 e. The van der Waals surface area contributed by atoms with Gasteiger partial charge in [-0.15, -0.1) is 0 Å². The number of nitrogens with one attached hydrogen (secondary N) is 2. The van der Waals surface area contributed by atoms with Gasteiger partial charge in [-0.05, 0) is 31.7 Å². The summed E-state index contributed by atoms with van der Waals surface area (Å²) in [5.41, 5.74) is 2.90. The molecule has 3 rings (SSSR count). The van der Waals surface area contributed by atoms with E-state index < -0.39 is 0 Å². The number of benzene rings is 1. The van der Waals surface area contributed by atoms with Gasteiger partial charge in [-0.1, -0.05) is 6.92 Å². The highest BCUT2D eigenvalue weighted by atomic mass is 16.2. The van der Waals surface area contributed by atoms with Crippen LogP contribution in [0, 0.1) is 0 Å². The van der Waals surface area contributed by atoms with Gasteiger partial charge in [0.15, 0.2) is 0 Å². The van der Waals surface area contributed by atoms with E-state index in [2.05, 4.69) is 29.4 Å². The maximum absolute atomic E-state index is 12.7. The van der Waals surface area contributed by atoms with E-state index >= 15 is 0 Å². The van der Waals surface area contributed by atoms with Crippen LogP contribution in [0.15, 0.2) is 18.2 Å².